The van der Waals surface area contributed by atoms with Gasteiger partial charge in [-0.25, -0.2) is 0 Å². The molecule has 0 spiro atoms. The summed E-state index contributed by atoms with van der Waals surface area (Å²) in [5.74, 6) is 5.68. The molecule has 0 saturated carbocycles. The number of rotatable bonds is 2. The Balaban J connectivity index is 2.98. The predicted molar refractivity (Wildman–Crippen MR) is 66.6 cm³/mol. The lowest BCUT2D eigenvalue weighted by molar-refractivity contribution is 0.184. The van der Waals surface area contributed by atoms with Crippen molar-refractivity contribution in [1.29, 1.82) is 0 Å². The van der Waals surface area contributed by atoms with Crippen molar-refractivity contribution in [3.05, 3.63) is 33.3 Å². The van der Waals surface area contributed by atoms with Gasteiger partial charge in [0.15, 0.2) is 0 Å². The van der Waals surface area contributed by atoms with E-state index in [1.165, 1.54) is 0 Å². The Morgan fingerprint density at radius 1 is 1.33 bits per heavy atom. The van der Waals surface area contributed by atoms with E-state index in [0.29, 0.717) is 6.42 Å². The third-order valence-corrected chi connectivity index (χ3v) is 3.57. The number of benzene rings is 1. The Morgan fingerprint density at radius 2 is 1.87 bits per heavy atom. The molecule has 1 N–H and O–H groups in total. The van der Waals surface area contributed by atoms with Crippen LogP contribution in [0.3, 0.4) is 0 Å². The fourth-order valence-electron chi connectivity index (χ4n) is 1.49. The minimum atomic E-state index is -0.483. The van der Waals surface area contributed by atoms with Crippen molar-refractivity contribution in [2.45, 2.75) is 33.3 Å². The Labute approximate surface area is 99.6 Å². The van der Waals surface area contributed by atoms with Crippen LogP contribution in [0, 0.1) is 25.7 Å². The smallest absolute Gasteiger partial charge is 0.0899 e. The Hall–Kier alpha value is -0.780. The molecule has 0 amide bonds. The second kappa shape index (κ2) is 5.34. The molecule has 1 atom stereocenters. The van der Waals surface area contributed by atoms with Gasteiger partial charge < -0.3 is 5.11 Å². The summed E-state index contributed by atoms with van der Waals surface area (Å²) in [5, 5.41) is 9.87. The number of aryl methyl sites for hydroxylation is 2. The maximum absolute atomic E-state index is 9.87. The number of hydrogen-bond donors (Lipinski definition) is 1. The normalized spacial score (nSPS) is 11.8. The highest BCUT2D eigenvalue weighted by Gasteiger charge is 2.09. The Morgan fingerprint density at radius 3 is 2.33 bits per heavy atom. The van der Waals surface area contributed by atoms with Gasteiger partial charge in [-0.3, -0.25) is 0 Å². The summed E-state index contributed by atoms with van der Waals surface area (Å²) in [4.78, 5) is 0. The minimum absolute atomic E-state index is 0.483. The van der Waals surface area contributed by atoms with Crippen LogP contribution in [0.2, 0.25) is 0 Å². The van der Waals surface area contributed by atoms with Crippen LogP contribution >= 0.6 is 15.9 Å². The second-order valence-electron chi connectivity index (χ2n) is 3.62. The van der Waals surface area contributed by atoms with Crippen molar-refractivity contribution >= 4 is 15.9 Å². The van der Waals surface area contributed by atoms with E-state index in [2.05, 4.69) is 27.8 Å². The third-order valence-electron chi connectivity index (χ3n) is 2.32. The molecule has 1 unspecified atom stereocenters. The van der Waals surface area contributed by atoms with Gasteiger partial charge in [-0.2, -0.15) is 0 Å². The van der Waals surface area contributed by atoms with Gasteiger partial charge in [0, 0.05) is 10.9 Å². The van der Waals surface area contributed by atoms with Crippen LogP contribution in [0.15, 0.2) is 16.6 Å². The van der Waals surface area contributed by atoms with Crippen molar-refractivity contribution in [1.82, 2.24) is 0 Å². The minimum Gasteiger partial charge on any atom is -0.387 e. The molecular formula is C13H15BrO. The fraction of sp³-hybridized carbons (Fsp3) is 0.385. The SMILES string of the molecule is CC#CCC(O)c1cc(C)c(Br)c(C)c1. The van der Waals surface area contributed by atoms with Gasteiger partial charge >= 0.3 is 0 Å². The maximum atomic E-state index is 9.87. The molecule has 2 heteroatoms. The summed E-state index contributed by atoms with van der Waals surface area (Å²) >= 11 is 3.51. The summed E-state index contributed by atoms with van der Waals surface area (Å²) < 4.78 is 1.11. The number of halogens is 1. The topological polar surface area (TPSA) is 20.2 Å². The van der Waals surface area contributed by atoms with E-state index in [1.54, 1.807) is 6.92 Å². The predicted octanol–water partition coefficient (Wildman–Crippen LogP) is 3.51. The molecule has 0 radical (unpaired) electrons. The summed E-state index contributed by atoms with van der Waals surface area (Å²) in [6, 6.07) is 4.00. The molecule has 80 valence electrons. The molecule has 0 heterocycles. The van der Waals surface area contributed by atoms with Crippen LogP contribution in [-0.2, 0) is 0 Å². The average molecular weight is 267 g/mol. The first kappa shape index (κ1) is 12.3. The molecule has 0 aliphatic carbocycles. The van der Waals surface area contributed by atoms with Gasteiger partial charge in [-0.05, 0) is 37.5 Å². The first-order valence-electron chi connectivity index (χ1n) is 4.90. The molecule has 0 fully saturated rings. The van der Waals surface area contributed by atoms with Crippen molar-refractivity contribution < 1.29 is 5.11 Å². The summed E-state index contributed by atoms with van der Waals surface area (Å²) in [5.41, 5.74) is 3.23. The molecule has 0 saturated heterocycles. The van der Waals surface area contributed by atoms with Crippen LogP contribution in [0.1, 0.15) is 36.1 Å². The monoisotopic (exact) mass is 266 g/mol. The molecule has 15 heavy (non-hydrogen) atoms. The van der Waals surface area contributed by atoms with E-state index in [1.807, 2.05) is 26.0 Å². The lowest BCUT2D eigenvalue weighted by Gasteiger charge is -2.11. The van der Waals surface area contributed by atoms with Crippen LogP contribution in [0.25, 0.3) is 0 Å². The van der Waals surface area contributed by atoms with E-state index < -0.39 is 6.10 Å². The zero-order valence-electron chi connectivity index (χ0n) is 9.26. The van der Waals surface area contributed by atoms with Crippen LogP contribution in [0.4, 0.5) is 0 Å². The van der Waals surface area contributed by atoms with E-state index >= 15 is 0 Å². The number of hydrogen-bond acceptors (Lipinski definition) is 1. The maximum Gasteiger partial charge on any atom is 0.0899 e. The highest BCUT2D eigenvalue weighted by Crippen LogP contribution is 2.26. The molecule has 0 bridgehead atoms. The van der Waals surface area contributed by atoms with Gasteiger partial charge in [0.2, 0.25) is 0 Å². The number of aliphatic hydroxyl groups excluding tert-OH is 1. The van der Waals surface area contributed by atoms with Crippen molar-refractivity contribution in [3.8, 4) is 11.8 Å². The van der Waals surface area contributed by atoms with Gasteiger partial charge in [-0.15, -0.1) is 11.8 Å². The lowest BCUT2D eigenvalue weighted by atomic mass is 10.0. The molecule has 1 aromatic carbocycles. The van der Waals surface area contributed by atoms with Crippen molar-refractivity contribution in [3.63, 3.8) is 0 Å². The zero-order chi connectivity index (χ0) is 11.4. The fourth-order valence-corrected chi connectivity index (χ4v) is 1.72. The standard InChI is InChI=1S/C13H15BrO/c1-4-5-6-12(15)11-7-9(2)13(14)10(3)8-11/h7-8,12,15H,6H2,1-3H3. The van der Waals surface area contributed by atoms with Crippen molar-refractivity contribution in [2.75, 3.05) is 0 Å². The third kappa shape index (κ3) is 3.09. The summed E-state index contributed by atoms with van der Waals surface area (Å²) in [7, 11) is 0. The summed E-state index contributed by atoms with van der Waals surface area (Å²) in [6.45, 7) is 5.84. The molecule has 0 aromatic heterocycles. The van der Waals surface area contributed by atoms with Crippen molar-refractivity contribution in [2.24, 2.45) is 0 Å². The van der Waals surface area contributed by atoms with E-state index in [4.69, 9.17) is 0 Å². The molecular weight excluding hydrogens is 252 g/mol. The van der Waals surface area contributed by atoms with Crippen LogP contribution in [0.5, 0.6) is 0 Å². The molecule has 1 aromatic rings. The lowest BCUT2D eigenvalue weighted by Crippen LogP contribution is -1.98. The van der Waals surface area contributed by atoms with Gasteiger partial charge in [0.05, 0.1) is 6.10 Å². The van der Waals surface area contributed by atoms with Gasteiger partial charge in [0.1, 0.15) is 0 Å². The largest absolute Gasteiger partial charge is 0.387 e. The first-order chi connectivity index (χ1) is 7.06. The second-order valence-corrected chi connectivity index (χ2v) is 4.41. The molecule has 1 nitrogen and oxygen atoms in total. The Bertz CT molecular complexity index is 389. The van der Waals surface area contributed by atoms with E-state index in [-0.39, 0.29) is 0 Å². The quantitative estimate of drug-likeness (QED) is 0.813. The van der Waals surface area contributed by atoms with Gasteiger partial charge in [-0.1, -0.05) is 28.1 Å². The Kier molecular flexibility index (Phi) is 4.38. The van der Waals surface area contributed by atoms with E-state index in [9.17, 15) is 5.11 Å². The summed E-state index contributed by atoms with van der Waals surface area (Å²) in [6.07, 6.45) is 0.0137. The van der Waals surface area contributed by atoms with Crippen LogP contribution in [-0.4, -0.2) is 5.11 Å². The number of aliphatic hydroxyl groups is 1. The average Bonchev–Trinajstić information content (AvgIpc) is 2.21. The molecule has 0 aliphatic rings. The molecule has 0 aliphatic heterocycles. The first-order valence-corrected chi connectivity index (χ1v) is 5.70. The highest BCUT2D eigenvalue weighted by atomic mass is 79.9. The van der Waals surface area contributed by atoms with Crippen LogP contribution < -0.4 is 0 Å². The van der Waals surface area contributed by atoms with E-state index in [0.717, 1.165) is 21.2 Å². The zero-order valence-corrected chi connectivity index (χ0v) is 10.9. The molecule has 1 rings (SSSR count). The van der Waals surface area contributed by atoms with Gasteiger partial charge in [0.25, 0.3) is 0 Å². The highest BCUT2D eigenvalue weighted by molar-refractivity contribution is 9.10.